The number of rotatable bonds is 6. The van der Waals surface area contributed by atoms with Gasteiger partial charge in [-0.3, -0.25) is 0 Å². The van der Waals surface area contributed by atoms with E-state index in [0.29, 0.717) is 6.10 Å². The fraction of sp³-hybridized carbons (Fsp3) is 1.00. The fourth-order valence-electron chi connectivity index (χ4n) is 2.42. The van der Waals surface area contributed by atoms with Crippen molar-refractivity contribution in [2.75, 3.05) is 20.2 Å². The SMILES string of the molecule is CCCCNCC1CCCCC(OC)C1. The van der Waals surface area contributed by atoms with E-state index in [1.807, 2.05) is 7.11 Å². The second-order valence-corrected chi connectivity index (χ2v) is 4.80. The highest BCUT2D eigenvalue weighted by Gasteiger charge is 2.19. The van der Waals surface area contributed by atoms with E-state index < -0.39 is 0 Å². The molecule has 0 aromatic heterocycles. The maximum absolute atomic E-state index is 5.50. The molecule has 2 atom stereocenters. The van der Waals surface area contributed by atoms with Crippen molar-refractivity contribution in [1.29, 1.82) is 0 Å². The molecule has 0 radical (unpaired) electrons. The van der Waals surface area contributed by atoms with Crippen molar-refractivity contribution in [2.45, 2.75) is 58.0 Å². The van der Waals surface area contributed by atoms with Gasteiger partial charge in [0, 0.05) is 7.11 Å². The molecule has 1 fully saturated rings. The Bertz CT molecular complexity index is 149. The smallest absolute Gasteiger partial charge is 0.0574 e. The number of hydrogen-bond acceptors (Lipinski definition) is 2. The van der Waals surface area contributed by atoms with Crippen LogP contribution in [0, 0.1) is 5.92 Å². The molecule has 1 rings (SSSR count). The van der Waals surface area contributed by atoms with Crippen LogP contribution >= 0.6 is 0 Å². The Hall–Kier alpha value is -0.0800. The third kappa shape index (κ3) is 5.53. The van der Waals surface area contributed by atoms with Crippen molar-refractivity contribution in [3.05, 3.63) is 0 Å². The minimum Gasteiger partial charge on any atom is -0.381 e. The number of unbranched alkanes of at least 4 members (excludes halogenated alkanes) is 1. The molecule has 0 saturated heterocycles. The number of nitrogens with one attached hydrogen (secondary N) is 1. The Balaban J connectivity index is 2.15. The summed E-state index contributed by atoms with van der Waals surface area (Å²) in [6.45, 7) is 4.62. The zero-order chi connectivity index (χ0) is 10.9. The summed E-state index contributed by atoms with van der Waals surface area (Å²) in [4.78, 5) is 0. The van der Waals surface area contributed by atoms with Crippen molar-refractivity contribution in [2.24, 2.45) is 5.92 Å². The molecule has 0 aromatic carbocycles. The topological polar surface area (TPSA) is 21.3 Å². The van der Waals surface area contributed by atoms with Gasteiger partial charge in [0.2, 0.25) is 0 Å². The van der Waals surface area contributed by atoms with Crippen molar-refractivity contribution < 1.29 is 4.74 Å². The molecule has 2 nitrogen and oxygen atoms in total. The summed E-state index contributed by atoms with van der Waals surface area (Å²) in [5.74, 6) is 0.842. The van der Waals surface area contributed by atoms with Gasteiger partial charge in [0.05, 0.1) is 6.10 Å². The van der Waals surface area contributed by atoms with Crippen molar-refractivity contribution >= 4 is 0 Å². The van der Waals surface area contributed by atoms with Gasteiger partial charge in [-0.05, 0) is 44.7 Å². The molecule has 0 aromatic rings. The molecule has 15 heavy (non-hydrogen) atoms. The van der Waals surface area contributed by atoms with Gasteiger partial charge in [-0.25, -0.2) is 0 Å². The first-order valence-corrected chi connectivity index (χ1v) is 6.60. The molecule has 0 spiro atoms. The first-order chi connectivity index (χ1) is 7.36. The average molecular weight is 213 g/mol. The Morgan fingerprint density at radius 2 is 2.07 bits per heavy atom. The number of methoxy groups -OCH3 is 1. The van der Waals surface area contributed by atoms with Crippen molar-refractivity contribution in [1.82, 2.24) is 5.32 Å². The molecule has 1 saturated carbocycles. The predicted octanol–water partition coefficient (Wildman–Crippen LogP) is 2.97. The van der Waals surface area contributed by atoms with E-state index in [0.717, 1.165) is 5.92 Å². The van der Waals surface area contributed by atoms with Gasteiger partial charge in [0.1, 0.15) is 0 Å². The van der Waals surface area contributed by atoms with Crippen LogP contribution in [0.3, 0.4) is 0 Å². The highest BCUT2D eigenvalue weighted by molar-refractivity contribution is 4.73. The minimum absolute atomic E-state index is 0.519. The molecule has 90 valence electrons. The minimum atomic E-state index is 0.519. The van der Waals surface area contributed by atoms with E-state index in [4.69, 9.17) is 4.74 Å². The highest BCUT2D eigenvalue weighted by atomic mass is 16.5. The summed E-state index contributed by atoms with van der Waals surface area (Å²) in [5, 5.41) is 3.57. The Kier molecular flexibility index (Phi) is 7.03. The maximum atomic E-state index is 5.50. The third-order valence-electron chi connectivity index (χ3n) is 3.46. The molecule has 0 bridgehead atoms. The van der Waals surface area contributed by atoms with E-state index in [2.05, 4.69) is 12.2 Å². The number of hydrogen-bond donors (Lipinski definition) is 1. The zero-order valence-electron chi connectivity index (χ0n) is 10.4. The lowest BCUT2D eigenvalue weighted by molar-refractivity contribution is 0.0789. The van der Waals surface area contributed by atoms with Gasteiger partial charge in [0.15, 0.2) is 0 Å². The molecule has 0 heterocycles. The van der Waals surface area contributed by atoms with Gasteiger partial charge in [-0.15, -0.1) is 0 Å². The fourth-order valence-corrected chi connectivity index (χ4v) is 2.42. The van der Waals surface area contributed by atoms with Crippen LogP contribution in [0.5, 0.6) is 0 Å². The molecule has 2 unspecified atom stereocenters. The second-order valence-electron chi connectivity index (χ2n) is 4.80. The molecule has 1 aliphatic rings. The van der Waals surface area contributed by atoms with Crippen LogP contribution in [0.4, 0.5) is 0 Å². The highest BCUT2D eigenvalue weighted by Crippen LogP contribution is 2.24. The van der Waals surface area contributed by atoms with Crippen molar-refractivity contribution in [3.8, 4) is 0 Å². The normalized spacial score (nSPS) is 27.6. The van der Waals surface area contributed by atoms with Gasteiger partial charge in [0.25, 0.3) is 0 Å². The standard InChI is InChI=1S/C13H27NO/c1-3-4-9-14-11-12-7-5-6-8-13(10-12)15-2/h12-14H,3-11H2,1-2H3. The lowest BCUT2D eigenvalue weighted by Gasteiger charge is -2.19. The van der Waals surface area contributed by atoms with E-state index in [-0.39, 0.29) is 0 Å². The van der Waals surface area contributed by atoms with Gasteiger partial charge in [-0.1, -0.05) is 26.2 Å². The molecular weight excluding hydrogens is 186 g/mol. The summed E-state index contributed by atoms with van der Waals surface area (Å²) in [6, 6.07) is 0. The molecule has 1 N–H and O–H groups in total. The van der Waals surface area contributed by atoms with E-state index in [1.54, 1.807) is 0 Å². The quantitative estimate of drug-likeness (QED) is 0.541. The predicted molar refractivity (Wildman–Crippen MR) is 65.1 cm³/mol. The zero-order valence-corrected chi connectivity index (χ0v) is 10.4. The average Bonchev–Trinajstić information content (AvgIpc) is 2.49. The van der Waals surface area contributed by atoms with Crippen LogP contribution in [0.25, 0.3) is 0 Å². The molecule has 2 heteroatoms. The van der Waals surface area contributed by atoms with Crippen LogP contribution in [0.1, 0.15) is 51.9 Å². The summed E-state index contributed by atoms with van der Waals surface area (Å²) in [5.41, 5.74) is 0. The lowest BCUT2D eigenvalue weighted by atomic mass is 9.99. The monoisotopic (exact) mass is 213 g/mol. The molecule has 1 aliphatic carbocycles. The van der Waals surface area contributed by atoms with Crippen molar-refractivity contribution in [3.63, 3.8) is 0 Å². The largest absolute Gasteiger partial charge is 0.381 e. The van der Waals surface area contributed by atoms with Gasteiger partial charge >= 0.3 is 0 Å². The van der Waals surface area contributed by atoms with Crippen LogP contribution in [0.2, 0.25) is 0 Å². The van der Waals surface area contributed by atoms with Gasteiger partial charge in [-0.2, -0.15) is 0 Å². The first-order valence-electron chi connectivity index (χ1n) is 6.60. The van der Waals surface area contributed by atoms with Crippen LogP contribution in [-0.4, -0.2) is 26.3 Å². The third-order valence-corrected chi connectivity index (χ3v) is 3.46. The second kappa shape index (κ2) is 8.12. The van der Waals surface area contributed by atoms with E-state index in [1.165, 1.54) is 58.0 Å². The maximum Gasteiger partial charge on any atom is 0.0574 e. The molecular formula is C13H27NO. The van der Waals surface area contributed by atoms with E-state index in [9.17, 15) is 0 Å². The lowest BCUT2D eigenvalue weighted by Crippen LogP contribution is -2.26. The summed E-state index contributed by atoms with van der Waals surface area (Å²) in [7, 11) is 1.86. The van der Waals surface area contributed by atoms with Crippen LogP contribution < -0.4 is 5.32 Å². The van der Waals surface area contributed by atoms with E-state index >= 15 is 0 Å². The summed E-state index contributed by atoms with van der Waals surface area (Å²) in [6.07, 6.45) is 9.77. The summed E-state index contributed by atoms with van der Waals surface area (Å²) >= 11 is 0. The number of ether oxygens (including phenoxy) is 1. The summed E-state index contributed by atoms with van der Waals surface area (Å²) < 4.78 is 5.50. The Labute approximate surface area is 94.8 Å². The van der Waals surface area contributed by atoms with Crippen LogP contribution in [0.15, 0.2) is 0 Å². The van der Waals surface area contributed by atoms with Gasteiger partial charge < -0.3 is 10.1 Å². The molecule has 0 amide bonds. The first kappa shape index (κ1) is 13.0. The molecule has 0 aliphatic heterocycles. The Morgan fingerprint density at radius 1 is 1.27 bits per heavy atom. The Morgan fingerprint density at radius 3 is 2.80 bits per heavy atom. The van der Waals surface area contributed by atoms with Crippen LogP contribution in [-0.2, 0) is 4.74 Å².